The van der Waals surface area contributed by atoms with Crippen molar-refractivity contribution < 1.29 is 22.8 Å². The molecule has 3 heterocycles. The summed E-state index contributed by atoms with van der Waals surface area (Å²) in [6, 6.07) is 7.42. The zero-order valence-corrected chi connectivity index (χ0v) is 22.9. The third kappa shape index (κ3) is 6.25. The van der Waals surface area contributed by atoms with Crippen molar-refractivity contribution in [3.8, 4) is 5.82 Å². The third-order valence-corrected chi connectivity index (χ3v) is 6.07. The van der Waals surface area contributed by atoms with Gasteiger partial charge in [0.15, 0.2) is 5.82 Å². The average Bonchev–Trinajstić information content (AvgIpc) is 3.48. The Morgan fingerprint density at radius 2 is 1.92 bits per heavy atom. The first-order valence-electron chi connectivity index (χ1n) is 11.3. The maximum Gasteiger partial charge on any atom is 0.453 e. The monoisotopic (exact) mass is 625 g/mol. The Hall–Kier alpha value is -3.85. The number of halogens is 5. The number of nitrogens with one attached hydrogen (secondary N) is 2. The summed E-state index contributed by atoms with van der Waals surface area (Å²) in [5.74, 6) is -2.28. The molecular weight excluding hydrogens is 607 g/mol. The number of anilines is 1. The number of amides is 2. The van der Waals surface area contributed by atoms with Crippen molar-refractivity contribution in [1.29, 1.82) is 0 Å². The normalized spacial score (nSPS) is 11.6. The van der Waals surface area contributed by atoms with E-state index in [0.717, 1.165) is 0 Å². The van der Waals surface area contributed by atoms with Crippen LogP contribution in [0.15, 0.2) is 41.0 Å². The molecule has 1 aromatic carbocycles. The molecule has 0 atom stereocenters. The van der Waals surface area contributed by atoms with Gasteiger partial charge < -0.3 is 10.6 Å². The Balaban J connectivity index is 1.77. The lowest BCUT2D eigenvalue weighted by Crippen LogP contribution is -2.31. The van der Waals surface area contributed by atoms with E-state index in [4.69, 9.17) is 11.6 Å². The highest BCUT2D eigenvalue weighted by molar-refractivity contribution is 9.10. The molecule has 0 unspecified atom stereocenters. The number of hydrogen-bond donors (Lipinski definition) is 2. The topological polar surface area (TPSA) is 133 Å². The Morgan fingerprint density at radius 3 is 2.59 bits per heavy atom. The Morgan fingerprint density at radius 1 is 1.18 bits per heavy atom. The van der Waals surface area contributed by atoms with Crippen LogP contribution >= 0.6 is 27.5 Å². The molecule has 2 amide bonds. The number of tetrazole rings is 1. The predicted molar refractivity (Wildman–Crippen MR) is 138 cm³/mol. The van der Waals surface area contributed by atoms with Crippen LogP contribution in [-0.2, 0) is 12.7 Å². The highest BCUT2D eigenvalue weighted by Crippen LogP contribution is 2.29. The van der Waals surface area contributed by atoms with E-state index in [2.05, 4.69) is 52.2 Å². The van der Waals surface area contributed by atoms with Gasteiger partial charge in [-0.15, -0.1) is 5.10 Å². The minimum atomic E-state index is -4.80. The first-order valence-corrected chi connectivity index (χ1v) is 12.5. The van der Waals surface area contributed by atoms with Crippen LogP contribution in [0, 0.1) is 6.92 Å². The van der Waals surface area contributed by atoms with E-state index in [1.807, 2.05) is 0 Å². The van der Waals surface area contributed by atoms with E-state index in [-0.39, 0.29) is 34.5 Å². The molecule has 0 saturated carbocycles. The number of carbonyl (C=O) groups is 2. The van der Waals surface area contributed by atoms with E-state index < -0.39 is 30.4 Å². The number of aromatic nitrogens is 7. The van der Waals surface area contributed by atoms with Gasteiger partial charge in [-0.2, -0.15) is 18.3 Å². The Labute approximate surface area is 232 Å². The fraction of sp³-hybridized carbons (Fsp3) is 0.261. The van der Waals surface area contributed by atoms with Gasteiger partial charge >= 0.3 is 6.18 Å². The van der Waals surface area contributed by atoms with Crippen LogP contribution < -0.4 is 10.6 Å². The molecule has 0 aliphatic carbocycles. The standard InChI is InChI=1S/C23H20BrClF3N9O2/c1-11(2)30-20(38)15-8-13(25)7-12(3)18(15)31-21(39)17-9-14(10-36-22(23(26,27)28)32-34-35-36)33-37(17)19-16(24)5-4-6-29-19/h4-9,11H,10H2,1-3H3,(H,30,38)(H,31,39). The molecule has 0 aliphatic heterocycles. The van der Waals surface area contributed by atoms with Gasteiger partial charge in [0.05, 0.1) is 28.0 Å². The molecule has 204 valence electrons. The van der Waals surface area contributed by atoms with E-state index in [1.54, 1.807) is 39.0 Å². The van der Waals surface area contributed by atoms with Crippen LogP contribution in [0.1, 0.15) is 51.8 Å². The second-order valence-corrected chi connectivity index (χ2v) is 9.92. The van der Waals surface area contributed by atoms with E-state index >= 15 is 0 Å². The second kappa shape index (κ2) is 11.1. The smallest absolute Gasteiger partial charge is 0.350 e. The molecule has 2 N–H and O–H groups in total. The lowest BCUT2D eigenvalue weighted by molar-refractivity contribution is -0.147. The van der Waals surface area contributed by atoms with E-state index in [0.29, 0.717) is 19.7 Å². The molecule has 0 spiro atoms. The van der Waals surface area contributed by atoms with E-state index in [9.17, 15) is 22.8 Å². The van der Waals surface area contributed by atoms with Crippen LogP contribution in [0.3, 0.4) is 0 Å². The predicted octanol–water partition coefficient (Wildman–Crippen LogP) is 4.44. The summed E-state index contributed by atoms with van der Waals surface area (Å²) in [5.41, 5.74) is 0.822. The van der Waals surface area contributed by atoms with Crippen molar-refractivity contribution in [3.63, 3.8) is 0 Å². The summed E-state index contributed by atoms with van der Waals surface area (Å²) < 4.78 is 42.0. The summed E-state index contributed by atoms with van der Waals surface area (Å²) in [5, 5.41) is 19.6. The number of alkyl halides is 3. The zero-order valence-electron chi connectivity index (χ0n) is 20.6. The number of hydrogen-bond acceptors (Lipinski definition) is 7. The Bertz CT molecular complexity index is 1550. The molecule has 4 aromatic rings. The summed E-state index contributed by atoms with van der Waals surface area (Å²) >= 11 is 9.53. The van der Waals surface area contributed by atoms with Crippen molar-refractivity contribution in [2.75, 3.05) is 5.32 Å². The molecule has 4 rings (SSSR count). The molecule has 0 radical (unpaired) electrons. The number of aryl methyl sites for hydroxylation is 1. The quantitative estimate of drug-likeness (QED) is 0.310. The highest BCUT2D eigenvalue weighted by Gasteiger charge is 2.38. The Kier molecular flexibility index (Phi) is 8.02. The maximum absolute atomic E-state index is 13.6. The minimum Gasteiger partial charge on any atom is -0.350 e. The minimum absolute atomic E-state index is 0.0427. The van der Waals surface area contributed by atoms with Gasteiger partial charge in [-0.25, -0.2) is 14.3 Å². The van der Waals surface area contributed by atoms with Gasteiger partial charge in [-0.1, -0.05) is 11.6 Å². The van der Waals surface area contributed by atoms with Crippen molar-refractivity contribution in [2.24, 2.45) is 0 Å². The maximum atomic E-state index is 13.6. The van der Waals surface area contributed by atoms with Crippen LogP contribution in [-0.4, -0.2) is 52.8 Å². The molecule has 11 nitrogen and oxygen atoms in total. The lowest BCUT2D eigenvalue weighted by Gasteiger charge is -2.16. The fourth-order valence-electron chi connectivity index (χ4n) is 3.64. The van der Waals surface area contributed by atoms with Gasteiger partial charge in [0.25, 0.3) is 17.6 Å². The molecule has 0 saturated heterocycles. The SMILES string of the molecule is Cc1cc(Cl)cc(C(=O)NC(C)C)c1NC(=O)c1cc(Cn2nnnc2C(F)(F)F)nn1-c1ncccc1Br. The fourth-order valence-corrected chi connectivity index (χ4v) is 4.33. The summed E-state index contributed by atoms with van der Waals surface area (Å²) in [6.07, 6.45) is -3.33. The number of carbonyl (C=O) groups excluding carboxylic acids is 2. The number of rotatable bonds is 7. The van der Waals surface area contributed by atoms with Crippen molar-refractivity contribution in [3.05, 3.63) is 74.4 Å². The van der Waals surface area contributed by atoms with Crippen LogP contribution in [0.2, 0.25) is 5.02 Å². The molecule has 0 aliphatic rings. The molecule has 39 heavy (non-hydrogen) atoms. The van der Waals surface area contributed by atoms with Gasteiger partial charge in [0.1, 0.15) is 5.69 Å². The van der Waals surface area contributed by atoms with E-state index in [1.165, 1.54) is 23.0 Å². The number of benzene rings is 1. The average molecular weight is 627 g/mol. The van der Waals surface area contributed by atoms with Gasteiger partial charge in [0, 0.05) is 17.3 Å². The summed E-state index contributed by atoms with van der Waals surface area (Å²) in [7, 11) is 0. The summed E-state index contributed by atoms with van der Waals surface area (Å²) in [6.45, 7) is 4.75. The first-order chi connectivity index (χ1) is 18.3. The lowest BCUT2D eigenvalue weighted by atomic mass is 10.1. The van der Waals surface area contributed by atoms with Gasteiger partial charge in [0.2, 0.25) is 0 Å². The van der Waals surface area contributed by atoms with Gasteiger partial charge in [-0.3, -0.25) is 9.59 Å². The van der Waals surface area contributed by atoms with Crippen LogP contribution in [0.5, 0.6) is 0 Å². The van der Waals surface area contributed by atoms with Crippen molar-refractivity contribution in [2.45, 2.75) is 39.5 Å². The van der Waals surface area contributed by atoms with Gasteiger partial charge in [-0.05, 0) is 83.0 Å². The zero-order chi connectivity index (χ0) is 28.5. The van der Waals surface area contributed by atoms with Crippen LogP contribution in [0.4, 0.5) is 18.9 Å². The van der Waals surface area contributed by atoms with Crippen molar-refractivity contribution in [1.82, 2.24) is 40.3 Å². The number of nitrogens with zero attached hydrogens (tertiary/aromatic N) is 7. The number of pyridine rings is 1. The molecule has 3 aromatic heterocycles. The van der Waals surface area contributed by atoms with Crippen molar-refractivity contribution >= 4 is 45.0 Å². The van der Waals surface area contributed by atoms with Crippen LogP contribution in [0.25, 0.3) is 5.82 Å². The molecular formula is C23H20BrClF3N9O2. The third-order valence-electron chi connectivity index (χ3n) is 5.23. The largest absolute Gasteiger partial charge is 0.453 e. The first kappa shape index (κ1) is 28.2. The summed E-state index contributed by atoms with van der Waals surface area (Å²) in [4.78, 5) is 30.7. The molecule has 0 bridgehead atoms. The molecule has 0 fully saturated rings. The molecule has 16 heteroatoms. The highest BCUT2D eigenvalue weighted by atomic mass is 79.9. The second-order valence-electron chi connectivity index (χ2n) is 8.63.